The van der Waals surface area contributed by atoms with Crippen molar-refractivity contribution >= 4 is 12.0 Å². The number of carboxylic acid groups (broad SMARTS) is 1. The van der Waals surface area contributed by atoms with Gasteiger partial charge in [0, 0.05) is 33.7 Å². The Morgan fingerprint density at radius 1 is 1.50 bits per heavy atom. The molecule has 0 heterocycles. The molecule has 0 aromatic rings. The zero-order valence-corrected chi connectivity index (χ0v) is 9.47. The third-order valence-corrected chi connectivity index (χ3v) is 1.96. The van der Waals surface area contributed by atoms with Gasteiger partial charge in [-0.3, -0.25) is 0 Å². The number of nitrogens with zero attached hydrogens (tertiary/aromatic N) is 1. The van der Waals surface area contributed by atoms with Crippen LogP contribution in [-0.2, 0) is 9.53 Å². The summed E-state index contributed by atoms with van der Waals surface area (Å²) < 4.78 is 4.80. The molecule has 0 fully saturated rings. The minimum Gasteiger partial charge on any atom is -0.479 e. The minimum atomic E-state index is -1.44. The normalized spacial score (nSPS) is 11.9. The third kappa shape index (κ3) is 6.20. The number of aliphatic hydroxyl groups is 1. The lowest BCUT2D eigenvalue weighted by atomic mass is 10.2. The van der Waals surface area contributed by atoms with E-state index in [1.807, 2.05) is 0 Å². The fourth-order valence-corrected chi connectivity index (χ4v) is 0.904. The summed E-state index contributed by atoms with van der Waals surface area (Å²) >= 11 is 0. The van der Waals surface area contributed by atoms with Gasteiger partial charge in [0.1, 0.15) is 0 Å². The van der Waals surface area contributed by atoms with Gasteiger partial charge in [0.05, 0.1) is 6.61 Å². The predicted octanol–water partition coefficient (Wildman–Crippen LogP) is -0.890. The van der Waals surface area contributed by atoms with Crippen LogP contribution in [0.5, 0.6) is 0 Å². The molecule has 94 valence electrons. The molecule has 0 saturated heterocycles. The Morgan fingerprint density at radius 3 is 2.62 bits per heavy atom. The molecule has 1 atom stereocenters. The number of aliphatic hydroxyl groups excluding tert-OH is 1. The highest BCUT2D eigenvalue weighted by Gasteiger charge is 2.13. The number of carbonyl (C=O) groups is 2. The zero-order valence-electron chi connectivity index (χ0n) is 9.47. The van der Waals surface area contributed by atoms with E-state index in [-0.39, 0.29) is 19.0 Å². The Balaban J connectivity index is 3.68. The molecule has 0 saturated carbocycles. The number of methoxy groups -OCH3 is 1. The van der Waals surface area contributed by atoms with E-state index in [0.29, 0.717) is 13.2 Å². The molecule has 1 unspecified atom stereocenters. The fraction of sp³-hybridized carbons (Fsp3) is 0.778. The minimum absolute atomic E-state index is 0.0147. The first-order chi connectivity index (χ1) is 7.49. The summed E-state index contributed by atoms with van der Waals surface area (Å²) in [5.41, 5.74) is 0. The average Bonchev–Trinajstić information content (AvgIpc) is 2.25. The number of carboxylic acids is 1. The summed E-state index contributed by atoms with van der Waals surface area (Å²) in [4.78, 5) is 23.0. The van der Waals surface area contributed by atoms with Crippen molar-refractivity contribution in [2.75, 3.05) is 33.9 Å². The largest absolute Gasteiger partial charge is 0.479 e. The number of rotatable bonds is 7. The molecule has 0 aliphatic carbocycles. The SMILES string of the molecule is COCCN(C)C(=O)NCCC(O)C(=O)O. The van der Waals surface area contributed by atoms with Crippen LogP contribution in [0.2, 0.25) is 0 Å². The maximum atomic E-state index is 11.3. The van der Waals surface area contributed by atoms with Gasteiger partial charge in [0.15, 0.2) is 6.10 Å². The first kappa shape index (κ1) is 14.7. The summed E-state index contributed by atoms with van der Waals surface area (Å²) in [7, 11) is 3.14. The van der Waals surface area contributed by atoms with E-state index >= 15 is 0 Å². The van der Waals surface area contributed by atoms with Gasteiger partial charge in [-0.15, -0.1) is 0 Å². The van der Waals surface area contributed by atoms with Gasteiger partial charge in [-0.05, 0) is 0 Å². The van der Waals surface area contributed by atoms with Gasteiger partial charge in [-0.1, -0.05) is 0 Å². The second kappa shape index (κ2) is 7.89. The van der Waals surface area contributed by atoms with Crippen molar-refractivity contribution in [2.24, 2.45) is 0 Å². The van der Waals surface area contributed by atoms with Crippen LogP contribution in [0.25, 0.3) is 0 Å². The Hall–Kier alpha value is -1.34. The van der Waals surface area contributed by atoms with Crippen molar-refractivity contribution in [2.45, 2.75) is 12.5 Å². The molecule has 16 heavy (non-hydrogen) atoms. The number of hydrogen-bond acceptors (Lipinski definition) is 4. The van der Waals surface area contributed by atoms with E-state index in [0.717, 1.165) is 0 Å². The van der Waals surface area contributed by atoms with Gasteiger partial charge >= 0.3 is 12.0 Å². The number of aliphatic carboxylic acids is 1. The number of urea groups is 1. The van der Waals surface area contributed by atoms with Gasteiger partial charge in [0.2, 0.25) is 0 Å². The van der Waals surface area contributed by atoms with Crippen molar-refractivity contribution < 1.29 is 24.5 Å². The second-order valence-corrected chi connectivity index (χ2v) is 3.29. The molecule has 0 aromatic carbocycles. The van der Waals surface area contributed by atoms with E-state index in [1.165, 1.54) is 12.0 Å². The number of hydrogen-bond donors (Lipinski definition) is 3. The van der Waals surface area contributed by atoms with Crippen molar-refractivity contribution in [3.05, 3.63) is 0 Å². The standard InChI is InChI=1S/C9H18N2O5/c1-11(5-6-16-2)9(15)10-4-3-7(12)8(13)14/h7,12H,3-6H2,1-2H3,(H,10,15)(H,13,14). The fourth-order valence-electron chi connectivity index (χ4n) is 0.904. The van der Waals surface area contributed by atoms with E-state index in [1.54, 1.807) is 7.05 Å². The molecule has 0 radical (unpaired) electrons. The smallest absolute Gasteiger partial charge is 0.332 e. The van der Waals surface area contributed by atoms with E-state index in [4.69, 9.17) is 14.9 Å². The van der Waals surface area contributed by atoms with E-state index < -0.39 is 12.1 Å². The van der Waals surface area contributed by atoms with E-state index in [2.05, 4.69) is 5.32 Å². The lowest BCUT2D eigenvalue weighted by Gasteiger charge is -2.17. The quantitative estimate of drug-likeness (QED) is 0.530. The Labute approximate surface area is 94.0 Å². The highest BCUT2D eigenvalue weighted by atomic mass is 16.5. The molecule has 7 nitrogen and oxygen atoms in total. The molecular weight excluding hydrogens is 216 g/mol. The van der Waals surface area contributed by atoms with Crippen LogP contribution in [0.1, 0.15) is 6.42 Å². The number of amides is 2. The average molecular weight is 234 g/mol. The third-order valence-electron chi connectivity index (χ3n) is 1.96. The van der Waals surface area contributed by atoms with Crippen LogP contribution >= 0.6 is 0 Å². The van der Waals surface area contributed by atoms with Crippen molar-refractivity contribution in [1.82, 2.24) is 10.2 Å². The monoisotopic (exact) mass is 234 g/mol. The number of nitrogens with one attached hydrogen (secondary N) is 1. The summed E-state index contributed by atoms with van der Waals surface area (Å²) in [6.45, 7) is 0.995. The molecular formula is C9H18N2O5. The Kier molecular flexibility index (Phi) is 7.23. The van der Waals surface area contributed by atoms with Crippen LogP contribution in [0.3, 0.4) is 0 Å². The van der Waals surface area contributed by atoms with E-state index in [9.17, 15) is 9.59 Å². The van der Waals surface area contributed by atoms with Gasteiger partial charge in [0.25, 0.3) is 0 Å². The summed E-state index contributed by atoms with van der Waals surface area (Å²) in [6.07, 6.45) is -1.45. The lowest BCUT2D eigenvalue weighted by molar-refractivity contribution is -0.146. The molecule has 0 rings (SSSR count). The van der Waals surface area contributed by atoms with Crippen LogP contribution in [0.4, 0.5) is 4.79 Å². The van der Waals surface area contributed by atoms with Crippen LogP contribution in [0.15, 0.2) is 0 Å². The molecule has 3 N–H and O–H groups in total. The number of ether oxygens (including phenoxy) is 1. The second-order valence-electron chi connectivity index (χ2n) is 3.29. The van der Waals surface area contributed by atoms with Gasteiger partial charge in [-0.2, -0.15) is 0 Å². The Bertz CT molecular complexity index is 234. The number of likely N-dealkylation sites (N-methyl/N-ethyl adjacent to an activating group) is 1. The van der Waals surface area contributed by atoms with Gasteiger partial charge in [-0.25, -0.2) is 9.59 Å². The molecule has 0 aromatic heterocycles. The maximum absolute atomic E-state index is 11.3. The maximum Gasteiger partial charge on any atom is 0.332 e. The predicted molar refractivity (Wildman–Crippen MR) is 56.2 cm³/mol. The van der Waals surface area contributed by atoms with Crippen molar-refractivity contribution in [3.8, 4) is 0 Å². The van der Waals surface area contributed by atoms with Crippen molar-refractivity contribution in [1.29, 1.82) is 0 Å². The molecule has 0 bridgehead atoms. The highest BCUT2D eigenvalue weighted by molar-refractivity contribution is 5.74. The Morgan fingerprint density at radius 2 is 2.12 bits per heavy atom. The first-order valence-electron chi connectivity index (χ1n) is 4.87. The molecule has 2 amide bonds. The van der Waals surface area contributed by atoms with Crippen LogP contribution in [0, 0.1) is 0 Å². The summed E-state index contributed by atoms with van der Waals surface area (Å²) in [6, 6.07) is -0.324. The first-order valence-corrected chi connectivity index (χ1v) is 4.87. The number of carbonyl (C=O) groups excluding carboxylic acids is 1. The zero-order chi connectivity index (χ0) is 12.6. The summed E-state index contributed by atoms with van der Waals surface area (Å²) in [5, 5.41) is 19.8. The van der Waals surface area contributed by atoms with Crippen molar-refractivity contribution in [3.63, 3.8) is 0 Å². The van der Waals surface area contributed by atoms with Crippen LogP contribution < -0.4 is 5.32 Å². The van der Waals surface area contributed by atoms with Gasteiger partial charge < -0.3 is 25.2 Å². The molecule has 0 aliphatic rings. The topological polar surface area (TPSA) is 99.1 Å². The lowest BCUT2D eigenvalue weighted by Crippen LogP contribution is -2.40. The molecule has 0 spiro atoms. The molecule has 7 heteroatoms. The van der Waals surface area contributed by atoms with Crippen LogP contribution in [-0.4, -0.2) is 67.1 Å². The summed E-state index contributed by atoms with van der Waals surface area (Å²) in [5.74, 6) is -1.29. The highest BCUT2D eigenvalue weighted by Crippen LogP contribution is 1.91. The molecule has 0 aliphatic heterocycles.